The lowest BCUT2D eigenvalue weighted by Gasteiger charge is -2.21. The van der Waals surface area contributed by atoms with Crippen LogP contribution in [0.5, 0.6) is 0 Å². The second-order valence-corrected chi connectivity index (χ2v) is 6.02. The summed E-state index contributed by atoms with van der Waals surface area (Å²) >= 11 is 0. The molecule has 0 radical (unpaired) electrons. The van der Waals surface area contributed by atoms with Gasteiger partial charge in [0.25, 0.3) is 0 Å². The van der Waals surface area contributed by atoms with Gasteiger partial charge in [-0.15, -0.1) is 0 Å². The monoisotopic (exact) mass is 278 g/mol. The molecule has 110 valence electrons. The van der Waals surface area contributed by atoms with Crippen molar-refractivity contribution in [3.05, 3.63) is 35.4 Å². The highest BCUT2D eigenvalue weighted by Gasteiger charge is 2.25. The minimum Gasteiger partial charge on any atom is -0.481 e. The van der Waals surface area contributed by atoms with Crippen molar-refractivity contribution in [2.24, 2.45) is 5.92 Å². The van der Waals surface area contributed by atoms with Crippen LogP contribution in [0.1, 0.15) is 38.3 Å². The van der Waals surface area contributed by atoms with Gasteiger partial charge in [-0.2, -0.15) is 0 Å². The molecule has 1 N–H and O–H groups in total. The summed E-state index contributed by atoms with van der Waals surface area (Å²) in [5.74, 6) is -2.21. The maximum absolute atomic E-state index is 11.7. The number of esters is 1. The van der Waals surface area contributed by atoms with Crippen molar-refractivity contribution >= 4 is 11.9 Å². The second kappa shape index (κ2) is 6.55. The zero-order valence-corrected chi connectivity index (χ0v) is 12.5. The van der Waals surface area contributed by atoms with Crippen LogP contribution in [0.25, 0.3) is 0 Å². The van der Waals surface area contributed by atoms with Crippen LogP contribution in [0.2, 0.25) is 0 Å². The highest BCUT2D eigenvalue weighted by atomic mass is 16.6. The molecule has 0 saturated heterocycles. The molecule has 20 heavy (non-hydrogen) atoms. The molecule has 4 heteroatoms. The van der Waals surface area contributed by atoms with Crippen LogP contribution in [0.4, 0.5) is 0 Å². The minimum absolute atomic E-state index is 0.111. The molecule has 4 nitrogen and oxygen atoms in total. The lowest BCUT2D eigenvalue weighted by Crippen LogP contribution is -2.28. The number of carbonyl (C=O) groups is 2. The Morgan fingerprint density at radius 3 is 2.20 bits per heavy atom. The number of hydrogen-bond acceptors (Lipinski definition) is 3. The van der Waals surface area contributed by atoms with Crippen molar-refractivity contribution in [3.63, 3.8) is 0 Å². The Labute approximate surface area is 119 Å². The zero-order chi connectivity index (χ0) is 15.3. The van der Waals surface area contributed by atoms with Gasteiger partial charge in [0.1, 0.15) is 5.60 Å². The molecule has 1 aromatic carbocycles. The van der Waals surface area contributed by atoms with Crippen molar-refractivity contribution in [1.82, 2.24) is 0 Å². The standard InChI is InChI=1S/C16H22O4/c1-11-5-7-12(8-6-11)9-13(15(18)19)10-14(17)20-16(2,3)4/h5-8,13H,9-10H2,1-4H3,(H,18,19)/t13-/m1/s1. The van der Waals surface area contributed by atoms with Gasteiger partial charge in [0.15, 0.2) is 0 Å². The van der Waals surface area contributed by atoms with Crippen molar-refractivity contribution in [2.75, 3.05) is 0 Å². The number of ether oxygens (including phenoxy) is 1. The van der Waals surface area contributed by atoms with Gasteiger partial charge in [0, 0.05) is 0 Å². The number of aliphatic carboxylic acids is 1. The van der Waals surface area contributed by atoms with E-state index in [0.29, 0.717) is 6.42 Å². The molecule has 0 saturated carbocycles. The zero-order valence-electron chi connectivity index (χ0n) is 12.5. The highest BCUT2D eigenvalue weighted by molar-refractivity contribution is 5.79. The molecule has 0 fully saturated rings. The van der Waals surface area contributed by atoms with E-state index in [2.05, 4.69) is 0 Å². The molecule has 0 aliphatic heterocycles. The maximum Gasteiger partial charge on any atom is 0.307 e. The fraction of sp³-hybridized carbons (Fsp3) is 0.500. The summed E-state index contributed by atoms with van der Waals surface area (Å²) < 4.78 is 5.17. The van der Waals surface area contributed by atoms with Crippen LogP contribution in [0.3, 0.4) is 0 Å². The van der Waals surface area contributed by atoms with Crippen molar-refractivity contribution in [2.45, 2.75) is 46.1 Å². The van der Waals surface area contributed by atoms with Crippen molar-refractivity contribution < 1.29 is 19.4 Å². The van der Waals surface area contributed by atoms with E-state index in [-0.39, 0.29) is 6.42 Å². The van der Waals surface area contributed by atoms with Crippen LogP contribution < -0.4 is 0 Å². The first-order valence-corrected chi connectivity index (χ1v) is 6.67. The summed E-state index contributed by atoms with van der Waals surface area (Å²) in [6.07, 6.45) is 0.218. The molecule has 1 aromatic rings. The van der Waals surface area contributed by atoms with Crippen molar-refractivity contribution in [3.8, 4) is 0 Å². The fourth-order valence-electron chi connectivity index (χ4n) is 1.84. The van der Waals surface area contributed by atoms with E-state index >= 15 is 0 Å². The summed E-state index contributed by atoms with van der Waals surface area (Å²) in [5.41, 5.74) is 1.43. The van der Waals surface area contributed by atoms with Gasteiger partial charge < -0.3 is 9.84 Å². The van der Waals surface area contributed by atoms with Gasteiger partial charge in [-0.3, -0.25) is 9.59 Å². The lowest BCUT2D eigenvalue weighted by molar-refractivity contribution is -0.159. The molecule has 0 aromatic heterocycles. The Hall–Kier alpha value is -1.84. The number of carbonyl (C=O) groups excluding carboxylic acids is 1. The molecule has 0 heterocycles. The Balaban J connectivity index is 2.68. The number of rotatable bonds is 5. The van der Waals surface area contributed by atoms with Gasteiger partial charge in [-0.1, -0.05) is 29.8 Å². The van der Waals surface area contributed by atoms with Crippen LogP contribution >= 0.6 is 0 Å². The average Bonchev–Trinajstić information content (AvgIpc) is 2.28. The Bertz CT molecular complexity index is 468. The fourth-order valence-corrected chi connectivity index (χ4v) is 1.84. The van der Waals surface area contributed by atoms with E-state index in [4.69, 9.17) is 4.74 Å². The number of carboxylic acid groups (broad SMARTS) is 1. The smallest absolute Gasteiger partial charge is 0.307 e. The third kappa shape index (κ3) is 5.87. The Morgan fingerprint density at radius 1 is 1.20 bits per heavy atom. The predicted octanol–water partition coefficient (Wildman–Crippen LogP) is 2.97. The highest BCUT2D eigenvalue weighted by Crippen LogP contribution is 2.17. The maximum atomic E-state index is 11.7. The van der Waals surface area contributed by atoms with E-state index in [1.165, 1.54) is 0 Å². The minimum atomic E-state index is -0.976. The van der Waals surface area contributed by atoms with E-state index in [1.807, 2.05) is 31.2 Å². The number of carboxylic acids is 1. The quantitative estimate of drug-likeness (QED) is 0.841. The first kappa shape index (κ1) is 16.2. The number of aryl methyl sites for hydroxylation is 1. The van der Waals surface area contributed by atoms with Crippen molar-refractivity contribution in [1.29, 1.82) is 0 Å². The summed E-state index contributed by atoms with van der Waals surface area (Å²) in [5, 5.41) is 9.23. The largest absolute Gasteiger partial charge is 0.481 e. The molecule has 1 rings (SSSR count). The van der Waals surface area contributed by atoms with Crippen LogP contribution in [-0.2, 0) is 20.7 Å². The van der Waals surface area contributed by atoms with E-state index in [9.17, 15) is 14.7 Å². The Morgan fingerprint density at radius 2 is 1.75 bits per heavy atom. The predicted molar refractivity (Wildman–Crippen MR) is 76.5 cm³/mol. The molecule has 0 amide bonds. The number of benzene rings is 1. The van der Waals surface area contributed by atoms with E-state index < -0.39 is 23.5 Å². The van der Waals surface area contributed by atoms with Crippen LogP contribution in [0.15, 0.2) is 24.3 Å². The van der Waals surface area contributed by atoms with E-state index in [1.54, 1.807) is 20.8 Å². The van der Waals surface area contributed by atoms with E-state index in [0.717, 1.165) is 11.1 Å². The summed E-state index contributed by atoms with van der Waals surface area (Å²) in [6, 6.07) is 7.64. The first-order valence-electron chi connectivity index (χ1n) is 6.67. The van der Waals surface area contributed by atoms with Gasteiger partial charge >= 0.3 is 11.9 Å². The summed E-state index contributed by atoms with van der Waals surface area (Å²) in [6.45, 7) is 7.26. The van der Waals surface area contributed by atoms with Gasteiger partial charge in [-0.05, 0) is 39.7 Å². The van der Waals surface area contributed by atoms with Gasteiger partial charge in [-0.25, -0.2) is 0 Å². The molecular formula is C16H22O4. The van der Waals surface area contributed by atoms with Gasteiger partial charge in [0.2, 0.25) is 0 Å². The summed E-state index contributed by atoms with van der Waals surface area (Å²) in [7, 11) is 0. The molecule has 1 atom stereocenters. The number of hydrogen-bond donors (Lipinski definition) is 1. The second-order valence-electron chi connectivity index (χ2n) is 6.02. The molecular weight excluding hydrogens is 256 g/mol. The third-order valence-corrected chi connectivity index (χ3v) is 2.79. The first-order chi connectivity index (χ1) is 9.17. The normalized spacial score (nSPS) is 12.8. The SMILES string of the molecule is Cc1ccc(C[C@H](CC(=O)OC(C)(C)C)C(=O)O)cc1. The lowest BCUT2D eigenvalue weighted by atomic mass is 9.96. The van der Waals surface area contributed by atoms with Crippen LogP contribution in [-0.4, -0.2) is 22.6 Å². The molecule has 0 bridgehead atoms. The van der Waals surface area contributed by atoms with Gasteiger partial charge in [0.05, 0.1) is 12.3 Å². The molecule has 0 aliphatic carbocycles. The molecule has 0 aliphatic rings. The third-order valence-electron chi connectivity index (χ3n) is 2.79. The molecule has 0 unspecified atom stereocenters. The average molecular weight is 278 g/mol. The van der Waals surface area contributed by atoms with Crippen LogP contribution in [0, 0.1) is 12.8 Å². The molecule has 0 spiro atoms. The Kier molecular flexibility index (Phi) is 5.31. The summed E-state index contributed by atoms with van der Waals surface area (Å²) in [4.78, 5) is 23.0. The topological polar surface area (TPSA) is 63.6 Å².